The smallest absolute Gasteiger partial charge is 0.0223 e. The molecule has 1 saturated carbocycles. The molecule has 3 aliphatic rings. The lowest BCUT2D eigenvalue weighted by molar-refractivity contribution is -0.0398. The molecule has 0 bridgehead atoms. The predicted octanol–water partition coefficient (Wildman–Crippen LogP) is 2.10. The van der Waals surface area contributed by atoms with Gasteiger partial charge < -0.3 is 0 Å². The fourth-order valence-electron chi connectivity index (χ4n) is 3.65. The van der Waals surface area contributed by atoms with E-state index in [-0.39, 0.29) is 0 Å². The quantitative estimate of drug-likeness (QED) is 0.651. The Morgan fingerprint density at radius 3 is 2.60 bits per heavy atom. The molecule has 86 valence electrons. The van der Waals surface area contributed by atoms with E-state index in [4.69, 9.17) is 0 Å². The van der Waals surface area contributed by atoms with Crippen LogP contribution in [0.2, 0.25) is 0 Å². The van der Waals surface area contributed by atoms with Gasteiger partial charge in [-0.2, -0.15) is 0 Å². The van der Waals surface area contributed by atoms with Crippen LogP contribution in [0.25, 0.3) is 0 Å². The van der Waals surface area contributed by atoms with E-state index in [1.165, 1.54) is 64.7 Å². The largest absolute Gasteiger partial charge is 0.298 e. The van der Waals surface area contributed by atoms with Crippen molar-refractivity contribution < 1.29 is 0 Å². The van der Waals surface area contributed by atoms with E-state index in [2.05, 4.69) is 16.7 Å². The van der Waals surface area contributed by atoms with Crippen LogP contribution in [-0.4, -0.2) is 47.6 Å². The average molecular weight is 208 g/mol. The lowest BCUT2D eigenvalue weighted by Crippen LogP contribution is -2.62. The Morgan fingerprint density at radius 2 is 1.87 bits per heavy atom. The molecule has 2 heteroatoms. The third-order valence-corrected chi connectivity index (χ3v) is 5.03. The number of rotatable bonds is 1. The maximum Gasteiger partial charge on any atom is 0.0223 e. The molecule has 0 radical (unpaired) electrons. The van der Waals surface area contributed by atoms with Crippen molar-refractivity contribution in [1.29, 1.82) is 0 Å². The van der Waals surface area contributed by atoms with Gasteiger partial charge in [-0.05, 0) is 45.6 Å². The molecule has 1 unspecified atom stereocenters. The predicted molar refractivity (Wildman–Crippen MR) is 63.0 cm³/mol. The molecule has 0 aromatic carbocycles. The van der Waals surface area contributed by atoms with Crippen LogP contribution in [-0.2, 0) is 0 Å². The molecular weight excluding hydrogens is 184 g/mol. The lowest BCUT2D eigenvalue weighted by atomic mass is 9.76. The molecule has 0 amide bonds. The minimum Gasteiger partial charge on any atom is -0.298 e. The minimum atomic E-state index is 0.587. The van der Waals surface area contributed by atoms with Gasteiger partial charge in [-0.15, -0.1) is 0 Å². The van der Waals surface area contributed by atoms with E-state index < -0.39 is 0 Å². The van der Waals surface area contributed by atoms with Crippen molar-refractivity contribution in [3.8, 4) is 0 Å². The van der Waals surface area contributed by atoms with E-state index in [9.17, 15) is 0 Å². The summed E-state index contributed by atoms with van der Waals surface area (Å²) in [7, 11) is 0. The third-order valence-electron chi connectivity index (χ3n) is 5.03. The van der Waals surface area contributed by atoms with Crippen LogP contribution in [0.1, 0.15) is 45.4 Å². The van der Waals surface area contributed by atoms with E-state index in [1.54, 1.807) is 0 Å². The van der Waals surface area contributed by atoms with Gasteiger partial charge in [-0.3, -0.25) is 9.80 Å². The summed E-state index contributed by atoms with van der Waals surface area (Å²) in [6, 6.07) is 0.893. The summed E-state index contributed by atoms with van der Waals surface area (Å²) in [4.78, 5) is 5.53. The van der Waals surface area contributed by atoms with E-state index >= 15 is 0 Å². The van der Waals surface area contributed by atoms with Gasteiger partial charge >= 0.3 is 0 Å². The van der Waals surface area contributed by atoms with Crippen LogP contribution in [0.3, 0.4) is 0 Å². The Bertz CT molecular complexity index is 235. The van der Waals surface area contributed by atoms with Crippen LogP contribution < -0.4 is 0 Å². The Balaban J connectivity index is 1.64. The van der Waals surface area contributed by atoms with Gasteiger partial charge in [-0.25, -0.2) is 0 Å². The molecule has 15 heavy (non-hydrogen) atoms. The summed E-state index contributed by atoms with van der Waals surface area (Å²) in [6.45, 7) is 7.87. The summed E-state index contributed by atoms with van der Waals surface area (Å²) in [6.07, 6.45) is 8.70. The second-order valence-corrected chi connectivity index (χ2v) is 5.98. The summed E-state index contributed by atoms with van der Waals surface area (Å²) in [5.74, 6) is 0. The number of fused-ring (bicyclic) bond motifs is 1. The van der Waals surface area contributed by atoms with Gasteiger partial charge in [0.25, 0.3) is 0 Å². The highest BCUT2D eigenvalue weighted by Crippen LogP contribution is 2.39. The molecule has 3 fully saturated rings. The molecular formula is C13H24N2. The fourth-order valence-corrected chi connectivity index (χ4v) is 3.65. The highest BCUT2D eigenvalue weighted by Gasteiger charge is 2.41. The van der Waals surface area contributed by atoms with Crippen molar-refractivity contribution in [3.05, 3.63) is 0 Å². The summed E-state index contributed by atoms with van der Waals surface area (Å²) >= 11 is 0. The first-order valence-electron chi connectivity index (χ1n) is 6.77. The van der Waals surface area contributed by atoms with Gasteiger partial charge in [0.2, 0.25) is 0 Å². The molecule has 3 rings (SSSR count). The molecule has 2 heterocycles. The Morgan fingerprint density at radius 1 is 1.00 bits per heavy atom. The molecule has 2 nitrogen and oxygen atoms in total. The summed E-state index contributed by atoms with van der Waals surface area (Å²) < 4.78 is 0. The van der Waals surface area contributed by atoms with Crippen LogP contribution in [0.15, 0.2) is 0 Å². The number of piperazine rings is 1. The highest BCUT2D eigenvalue weighted by atomic mass is 15.3. The third kappa shape index (κ3) is 1.72. The van der Waals surface area contributed by atoms with Crippen molar-refractivity contribution in [2.75, 3.05) is 26.2 Å². The van der Waals surface area contributed by atoms with Crippen LogP contribution in [0.4, 0.5) is 0 Å². The van der Waals surface area contributed by atoms with E-state index in [1.807, 2.05) is 0 Å². The zero-order valence-electron chi connectivity index (χ0n) is 10.0. The number of hydrogen-bond acceptors (Lipinski definition) is 2. The molecule has 2 saturated heterocycles. The standard InChI is InChI=1S/C13H24N2/c1-13(6-4-7-13)15-10-9-14-8-3-2-5-12(14)11-15/h12H,2-11H2,1H3. The van der Waals surface area contributed by atoms with Crippen molar-refractivity contribution in [2.24, 2.45) is 0 Å². The maximum atomic E-state index is 2.79. The number of nitrogens with zero attached hydrogens (tertiary/aromatic N) is 2. The second-order valence-electron chi connectivity index (χ2n) is 5.98. The second kappa shape index (κ2) is 3.74. The first-order chi connectivity index (χ1) is 7.28. The lowest BCUT2D eigenvalue weighted by Gasteiger charge is -2.54. The zero-order chi connectivity index (χ0) is 10.3. The normalized spacial score (nSPS) is 37.0. The number of piperidine rings is 1. The first-order valence-corrected chi connectivity index (χ1v) is 6.77. The molecule has 0 aromatic heterocycles. The summed E-state index contributed by atoms with van der Waals surface area (Å²) in [5, 5.41) is 0. The van der Waals surface area contributed by atoms with Crippen molar-refractivity contribution >= 4 is 0 Å². The molecule has 1 atom stereocenters. The van der Waals surface area contributed by atoms with Crippen molar-refractivity contribution in [2.45, 2.75) is 57.0 Å². The molecule has 2 aliphatic heterocycles. The van der Waals surface area contributed by atoms with Gasteiger partial charge in [0.15, 0.2) is 0 Å². The molecule has 1 aliphatic carbocycles. The van der Waals surface area contributed by atoms with Crippen molar-refractivity contribution in [3.63, 3.8) is 0 Å². The fraction of sp³-hybridized carbons (Fsp3) is 1.00. The van der Waals surface area contributed by atoms with Gasteiger partial charge in [-0.1, -0.05) is 6.42 Å². The Hall–Kier alpha value is -0.0800. The van der Waals surface area contributed by atoms with Crippen molar-refractivity contribution in [1.82, 2.24) is 9.80 Å². The molecule has 0 aromatic rings. The zero-order valence-corrected chi connectivity index (χ0v) is 10.0. The van der Waals surface area contributed by atoms with E-state index in [0.29, 0.717) is 5.54 Å². The summed E-state index contributed by atoms with van der Waals surface area (Å²) in [5.41, 5.74) is 0.587. The van der Waals surface area contributed by atoms with Gasteiger partial charge in [0.05, 0.1) is 0 Å². The monoisotopic (exact) mass is 208 g/mol. The molecule has 0 spiro atoms. The van der Waals surface area contributed by atoms with Gasteiger partial charge in [0, 0.05) is 31.2 Å². The SMILES string of the molecule is CC1(N2CCN3CCCCC3C2)CCC1. The highest BCUT2D eigenvalue weighted by molar-refractivity contribution is 4.98. The van der Waals surface area contributed by atoms with Crippen LogP contribution in [0.5, 0.6) is 0 Å². The Kier molecular flexibility index (Phi) is 2.52. The maximum absolute atomic E-state index is 2.79. The average Bonchev–Trinajstić information content (AvgIpc) is 2.25. The first kappa shape index (κ1) is 10.1. The Labute approximate surface area is 93.6 Å². The topological polar surface area (TPSA) is 6.48 Å². The van der Waals surface area contributed by atoms with Gasteiger partial charge in [0.1, 0.15) is 0 Å². The molecule has 0 N–H and O–H groups in total. The number of hydrogen-bond donors (Lipinski definition) is 0. The van der Waals surface area contributed by atoms with Crippen LogP contribution in [0, 0.1) is 0 Å². The minimum absolute atomic E-state index is 0.587. The van der Waals surface area contributed by atoms with Crippen LogP contribution >= 0.6 is 0 Å². The van der Waals surface area contributed by atoms with E-state index in [0.717, 1.165) is 6.04 Å².